The largest absolute Gasteiger partial charge is 0.468 e. The van der Waals surface area contributed by atoms with E-state index in [1.165, 1.54) is 5.56 Å². The highest BCUT2D eigenvalue weighted by atomic mass is 32.2. The Balaban J connectivity index is 1.53. The molecule has 2 unspecified atom stereocenters. The van der Waals surface area contributed by atoms with Gasteiger partial charge in [0.15, 0.2) is 5.78 Å². The summed E-state index contributed by atoms with van der Waals surface area (Å²) in [4.78, 5) is 25.9. The topological polar surface area (TPSA) is 71.3 Å². The van der Waals surface area contributed by atoms with Gasteiger partial charge in [0.1, 0.15) is 5.76 Å². The molecule has 198 valence electrons. The van der Waals surface area contributed by atoms with Crippen LogP contribution in [0, 0.1) is 5.92 Å². The molecule has 0 spiro atoms. The van der Waals surface area contributed by atoms with E-state index < -0.39 is 0 Å². The molecule has 2 atom stereocenters. The third kappa shape index (κ3) is 11.4. The van der Waals surface area contributed by atoms with E-state index >= 15 is 0 Å². The maximum Gasteiger partial charge on any atom is 0.220 e. The molecule has 0 aliphatic heterocycles. The van der Waals surface area contributed by atoms with Crippen LogP contribution in [0.5, 0.6) is 0 Å². The van der Waals surface area contributed by atoms with Gasteiger partial charge in [0.2, 0.25) is 5.91 Å². The third-order valence-corrected chi connectivity index (χ3v) is 7.16. The van der Waals surface area contributed by atoms with Crippen molar-refractivity contribution in [1.29, 1.82) is 0 Å². The van der Waals surface area contributed by atoms with Crippen LogP contribution in [0.2, 0.25) is 0 Å². The molecule has 37 heavy (non-hydrogen) atoms. The third-order valence-electron chi connectivity index (χ3n) is 6.18. The molecule has 1 heterocycles. The molecule has 0 radical (unpaired) electrons. The summed E-state index contributed by atoms with van der Waals surface area (Å²) in [5.74, 6) is 2.62. The van der Waals surface area contributed by atoms with E-state index in [0.717, 1.165) is 30.6 Å². The Morgan fingerprint density at radius 3 is 2.27 bits per heavy atom. The number of amides is 1. The Labute approximate surface area is 225 Å². The van der Waals surface area contributed by atoms with E-state index in [1.807, 2.05) is 48.5 Å². The van der Waals surface area contributed by atoms with Gasteiger partial charge in [-0.3, -0.25) is 9.59 Å². The Kier molecular flexibility index (Phi) is 12.5. The molecule has 3 aromatic rings. The number of furan rings is 1. The molecule has 2 aromatic carbocycles. The SMILES string of the molecule is CC(C)CC(CNC(Cc1ccccc1)C(=O)CSCc1ccco1)NC(=O)CCCc1ccccc1. The Hall–Kier alpha value is -2.83. The van der Waals surface area contributed by atoms with E-state index in [1.54, 1.807) is 18.0 Å². The van der Waals surface area contributed by atoms with Crippen LogP contribution < -0.4 is 10.6 Å². The van der Waals surface area contributed by atoms with Gasteiger partial charge >= 0.3 is 0 Å². The minimum atomic E-state index is -0.309. The predicted molar refractivity (Wildman–Crippen MR) is 153 cm³/mol. The highest BCUT2D eigenvalue weighted by Crippen LogP contribution is 2.15. The summed E-state index contributed by atoms with van der Waals surface area (Å²) < 4.78 is 5.39. The molecule has 0 aliphatic rings. The normalized spacial score (nSPS) is 12.8. The Bertz CT molecular complexity index is 1040. The zero-order chi connectivity index (χ0) is 26.3. The number of hydrogen-bond acceptors (Lipinski definition) is 5. The van der Waals surface area contributed by atoms with Crippen LogP contribution in [0.3, 0.4) is 0 Å². The van der Waals surface area contributed by atoms with Crippen molar-refractivity contribution in [2.75, 3.05) is 12.3 Å². The monoisotopic (exact) mass is 520 g/mol. The van der Waals surface area contributed by atoms with Gasteiger partial charge in [-0.25, -0.2) is 0 Å². The molecule has 0 saturated carbocycles. The van der Waals surface area contributed by atoms with Gasteiger partial charge in [-0.2, -0.15) is 0 Å². The number of thioether (sulfide) groups is 1. The van der Waals surface area contributed by atoms with Gasteiger partial charge < -0.3 is 15.1 Å². The molecule has 5 nitrogen and oxygen atoms in total. The molecule has 1 amide bonds. The van der Waals surface area contributed by atoms with Crippen LogP contribution in [0.4, 0.5) is 0 Å². The number of Topliss-reactive ketones (excluding diaryl/α,β-unsaturated/α-hetero) is 1. The smallest absolute Gasteiger partial charge is 0.220 e. The summed E-state index contributed by atoms with van der Waals surface area (Å²) >= 11 is 1.57. The summed E-state index contributed by atoms with van der Waals surface area (Å²) in [6, 6.07) is 23.8. The number of rotatable bonds is 17. The maximum atomic E-state index is 13.2. The first-order valence-electron chi connectivity index (χ1n) is 13.2. The van der Waals surface area contributed by atoms with Gasteiger partial charge in [0, 0.05) is 19.0 Å². The minimum Gasteiger partial charge on any atom is -0.468 e. The number of carbonyl (C=O) groups is 2. The molecular formula is C31H40N2O3S. The van der Waals surface area contributed by atoms with Crippen LogP contribution in [-0.2, 0) is 28.2 Å². The second kappa shape index (κ2) is 16.1. The molecular weight excluding hydrogens is 480 g/mol. The molecule has 0 bridgehead atoms. The Morgan fingerprint density at radius 1 is 0.919 bits per heavy atom. The van der Waals surface area contributed by atoms with Crippen molar-refractivity contribution in [1.82, 2.24) is 10.6 Å². The van der Waals surface area contributed by atoms with Crippen molar-refractivity contribution >= 4 is 23.5 Å². The summed E-state index contributed by atoms with van der Waals surface area (Å²) in [6.07, 6.45) is 5.35. The standard InChI is InChI=1S/C31H40N2O3S/c1-24(2)19-27(33-31(35)17-9-15-25-11-5-3-6-12-25)21-32-29(20-26-13-7-4-8-14-26)30(34)23-37-22-28-16-10-18-36-28/h3-8,10-14,16,18,24,27,29,32H,9,15,17,19-23H2,1-2H3,(H,33,35). The van der Waals surface area contributed by atoms with E-state index in [9.17, 15) is 9.59 Å². The first kappa shape index (κ1) is 28.7. The second-order valence-corrected chi connectivity index (χ2v) is 10.9. The fourth-order valence-electron chi connectivity index (χ4n) is 4.34. The van der Waals surface area contributed by atoms with E-state index in [0.29, 0.717) is 36.8 Å². The number of carbonyl (C=O) groups excluding carboxylic acids is 2. The molecule has 1 aromatic heterocycles. The predicted octanol–water partition coefficient (Wildman–Crippen LogP) is 5.84. The lowest BCUT2D eigenvalue weighted by Gasteiger charge is -2.25. The highest BCUT2D eigenvalue weighted by molar-refractivity contribution is 7.99. The lowest BCUT2D eigenvalue weighted by molar-refractivity contribution is -0.122. The number of aryl methyl sites for hydroxylation is 1. The summed E-state index contributed by atoms with van der Waals surface area (Å²) in [7, 11) is 0. The van der Waals surface area contributed by atoms with Crippen molar-refractivity contribution in [3.8, 4) is 0 Å². The lowest BCUT2D eigenvalue weighted by Crippen LogP contribution is -2.48. The van der Waals surface area contributed by atoms with Gasteiger partial charge in [-0.1, -0.05) is 74.5 Å². The van der Waals surface area contributed by atoms with Gasteiger partial charge in [-0.15, -0.1) is 11.8 Å². The molecule has 6 heteroatoms. The lowest BCUT2D eigenvalue weighted by atomic mass is 10.0. The zero-order valence-corrected chi connectivity index (χ0v) is 22.8. The summed E-state index contributed by atoms with van der Waals surface area (Å²) in [5.41, 5.74) is 2.37. The van der Waals surface area contributed by atoms with Crippen molar-refractivity contribution < 1.29 is 14.0 Å². The summed E-state index contributed by atoms with van der Waals surface area (Å²) in [6.45, 7) is 4.88. The van der Waals surface area contributed by atoms with Crippen LogP contribution in [0.15, 0.2) is 83.5 Å². The van der Waals surface area contributed by atoms with Crippen LogP contribution in [0.1, 0.15) is 50.0 Å². The summed E-state index contributed by atoms with van der Waals surface area (Å²) in [5, 5.41) is 6.73. The van der Waals surface area contributed by atoms with Crippen molar-refractivity contribution in [3.05, 3.63) is 95.9 Å². The van der Waals surface area contributed by atoms with Crippen molar-refractivity contribution in [2.24, 2.45) is 5.92 Å². The zero-order valence-electron chi connectivity index (χ0n) is 22.0. The number of nitrogens with one attached hydrogen (secondary N) is 2. The second-order valence-electron chi connectivity index (χ2n) is 9.92. The first-order chi connectivity index (χ1) is 18.0. The van der Waals surface area contributed by atoms with Crippen LogP contribution >= 0.6 is 11.8 Å². The van der Waals surface area contributed by atoms with Crippen LogP contribution in [-0.4, -0.2) is 36.1 Å². The van der Waals surface area contributed by atoms with Gasteiger partial charge in [0.05, 0.1) is 23.8 Å². The van der Waals surface area contributed by atoms with E-state index in [2.05, 4.69) is 48.7 Å². The number of benzene rings is 2. The quantitative estimate of drug-likeness (QED) is 0.234. The molecule has 0 aliphatic carbocycles. The molecule has 0 fully saturated rings. The van der Waals surface area contributed by atoms with Crippen molar-refractivity contribution in [2.45, 2.75) is 63.8 Å². The van der Waals surface area contributed by atoms with Gasteiger partial charge in [-0.05, 0) is 54.9 Å². The highest BCUT2D eigenvalue weighted by Gasteiger charge is 2.22. The Morgan fingerprint density at radius 2 is 1.62 bits per heavy atom. The first-order valence-corrected chi connectivity index (χ1v) is 14.4. The van der Waals surface area contributed by atoms with Crippen molar-refractivity contribution in [3.63, 3.8) is 0 Å². The average Bonchev–Trinajstić information content (AvgIpc) is 3.41. The number of ketones is 1. The average molecular weight is 521 g/mol. The number of hydrogen-bond donors (Lipinski definition) is 2. The minimum absolute atomic E-state index is 0.0222. The fraction of sp³-hybridized carbons (Fsp3) is 0.419. The molecule has 2 N–H and O–H groups in total. The fourth-order valence-corrected chi connectivity index (χ4v) is 5.21. The van der Waals surface area contributed by atoms with Gasteiger partial charge in [0.25, 0.3) is 0 Å². The maximum absolute atomic E-state index is 13.2. The molecule has 0 saturated heterocycles. The molecule has 3 rings (SSSR count). The van der Waals surface area contributed by atoms with E-state index in [4.69, 9.17) is 4.42 Å². The van der Waals surface area contributed by atoms with Crippen LogP contribution in [0.25, 0.3) is 0 Å². The van der Waals surface area contributed by atoms with E-state index in [-0.39, 0.29) is 23.8 Å².